The van der Waals surface area contributed by atoms with Gasteiger partial charge in [-0.15, -0.1) is 0 Å². The lowest BCUT2D eigenvalue weighted by Gasteiger charge is -2.31. The molecule has 0 aromatic carbocycles. The fourth-order valence-electron chi connectivity index (χ4n) is 1.46. The number of hydrogen-bond donors (Lipinski definition) is 1. The molecule has 0 aromatic rings. The van der Waals surface area contributed by atoms with Gasteiger partial charge in [0.1, 0.15) is 0 Å². The summed E-state index contributed by atoms with van der Waals surface area (Å²) in [6.45, 7) is 2.13. The Labute approximate surface area is 81.9 Å². The molecule has 0 aliphatic carbocycles. The average molecular weight is 207 g/mol. The summed E-state index contributed by atoms with van der Waals surface area (Å²) < 4.78 is 16.1. The van der Waals surface area contributed by atoms with Crippen molar-refractivity contribution in [3.63, 3.8) is 0 Å². The minimum Gasteiger partial charge on any atom is -0.376 e. The molecule has 0 aromatic heterocycles. The molecule has 80 valence electrons. The van der Waals surface area contributed by atoms with Gasteiger partial charge in [-0.2, -0.15) is 0 Å². The van der Waals surface area contributed by atoms with E-state index >= 15 is 0 Å². The zero-order valence-corrected chi connectivity index (χ0v) is 10.2. The molecule has 1 atom stereocenters. The maximum absolute atomic E-state index is 5.37. The van der Waals surface area contributed by atoms with Crippen molar-refractivity contribution in [2.45, 2.75) is 25.4 Å². The van der Waals surface area contributed by atoms with E-state index in [-0.39, 0.29) is 5.67 Å². The van der Waals surface area contributed by atoms with E-state index in [9.17, 15) is 0 Å². The molecule has 1 unspecified atom stereocenters. The normalized spacial score (nSPS) is 14.5. The lowest BCUT2D eigenvalue weighted by atomic mass is 10.3. The Balaban J connectivity index is 4.45. The number of nitrogens with one attached hydrogen (secondary N) is 1. The minimum atomic E-state index is -2.48. The van der Waals surface area contributed by atoms with Crippen molar-refractivity contribution in [3.05, 3.63) is 0 Å². The summed E-state index contributed by atoms with van der Waals surface area (Å²) in [6.07, 6.45) is 2.08. The summed E-state index contributed by atoms with van der Waals surface area (Å²) in [7, 11) is 4.34. The Bertz CT molecular complexity index is 122. The first-order valence-corrected chi connectivity index (χ1v) is 6.33. The highest BCUT2D eigenvalue weighted by Gasteiger charge is 2.46. The highest BCUT2D eigenvalue weighted by molar-refractivity contribution is 6.62. The maximum Gasteiger partial charge on any atom is 0.517 e. The van der Waals surface area contributed by atoms with Gasteiger partial charge in [-0.3, -0.25) is 0 Å². The molecular formula is C8H21NO3Si. The third kappa shape index (κ3) is 3.03. The van der Waals surface area contributed by atoms with Crippen LogP contribution in [0.25, 0.3) is 0 Å². The van der Waals surface area contributed by atoms with E-state index in [1.165, 1.54) is 0 Å². The Morgan fingerprint density at radius 3 is 1.85 bits per heavy atom. The van der Waals surface area contributed by atoms with Gasteiger partial charge in [-0.25, -0.2) is 0 Å². The monoisotopic (exact) mass is 207 g/mol. The third-order valence-corrected chi connectivity index (χ3v) is 5.34. The van der Waals surface area contributed by atoms with Crippen molar-refractivity contribution in [2.75, 3.05) is 28.4 Å². The fourth-order valence-corrected chi connectivity index (χ4v) is 3.81. The molecule has 0 fully saturated rings. The van der Waals surface area contributed by atoms with Crippen LogP contribution in [0.3, 0.4) is 0 Å². The molecule has 0 aliphatic rings. The molecule has 0 radical (unpaired) electrons. The lowest BCUT2D eigenvalue weighted by molar-refractivity contribution is 0.107. The molecule has 5 heteroatoms. The van der Waals surface area contributed by atoms with Gasteiger partial charge < -0.3 is 18.6 Å². The zero-order chi connectivity index (χ0) is 10.3. The Morgan fingerprint density at radius 2 is 1.62 bits per heavy atom. The van der Waals surface area contributed by atoms with E-state index in [1.807, 2.05) is 7.05 Å². The fraction of sp³-hybridized carbons (Fsp3) is 1.00. The Kier molecular flexibility index (Phi) is 6.53. The summed E-state index contributed by atoms with van der Waals surface area (Å²) >= 11 is 0. The SMILES string of the molecule is CCCC(NC)[Si](OC)(OC)OC. The molecule has 13 heavy (non-hydrogen) atoms. The van der Waals surface area contributed by atoms with Crippen molar-refractivity contribution in [1.29, 1.82) is 0 Å². The second-order valence-electron chi connectivity index (χ2n) is 2.85. The maximum atomic E-state index is 5.37. The highest BCUT2D eigenvalue weighted by Crippen LogP contribution is 2.15. The topological polar surface area (TPSA) is 39.7 Å². The first-order chi connectivity index (χ1) is 6.20. The lowest BCUT2D eigenvalue weighted by Crippen LogP contribution is -2.59. The smallest absolute Gasteiger partial charge is 0.376 e. The largest absolute Gasteiger partial charge is 0.517 e. The molecule has 0 saturated carbocycles. The quantitative estimate of drug-likeness (QED) is 0.627. The van der Waals surface area contributed by atoms with Crippen LogP contribution in [0.2, 0.25) is 0 Å². The first kappa shape index (κ1) is 13.1. The molecule has 4 nitrogen and oxygen atoms in total. The van der Waals surface area contributed by atoms with Crippen LogP contribution in [0.5, 0.6) is 0 Å². The standard InChI is InChI=1S/C8H21NO3Si/c1-6-7-8(9-2)13(10-3,11-4)12-5/h8-9H,6-7H2,1-5H3. The van der Waals surface area contributed by atoms with E-state index in [2.05, 4.69) is 12.2 Å². The van der Waals surface area contributed by atoms with Crippen molar-refractivity contribution in [2.24, 2.45) is 0 Å². The van der Waals surface area contributed by atoms with Crippen LogP contribution in [-0.4, -0.2) is 42.8 Å². The number of hydrogen-bond acceptors (Lipinski definition) is 4. The molecule has 1 N–H and O–H groups in total. The van der Waals surface area contributed by atoms with E-state index < -0.39 is 8.80 Å². The van der Waals surface area contributed by atoms with Gasteiger partial charge in [-0.1, -0.05) is 13.3 Å². The van der Waals surface area contributed by atoms with Crippen LogP contribution in [0.1, 0.15) is 19.8 Å². The van der Waals surface area contributed by atoms with Crippen LogP contribution in [0, 0.1) is 0 Å². The van der Waals surface area contributed by atoms with E-state index in [0.29, 0.717) is 0 Å². The van der Waals surface area contributed by atoms with Gasteiger partial charge in [0.05, 0.1) is 5.67 Å². The van der Waals surface area contributed by atoms with Gasteiger partial charge in [0.15, 0.2) is 0 Å². The number of rotatable bonds is 7. The van der Waals surface area contributed by atoms with Crippen LogP contribution >= 0.6 is 0 Å². The average Bonchev–Trinajstić information content (AvgIpc) is 2.19. The summed E-state index contributed by atoms with van der Waals surface area (Å²) in [5, 5.41) is 3.18. The summed E-state index contributed by atoms with van der Waals surface area (Å²) in [5.41, 5.74) is 0.178. The van der Waals surface area contributed by atoms with Crippen LogP contribution in [0.15, 0.2) is 0 Å². The second kappa shape index (κ2) is 6.50. The summed E-state index contributed by atoms with van der Waals surface area (Å²) in [4.78, 5) is 0. The van der Waals surface area contributed by atoms with E-state index in [4.69, 9.17) is 13.3 Å². The summed E-state index contributed by atoms with van der Waals surface area (Å²) in [6, 6.07) is 0. The highest BCUT2D eigenvalue weighted by atomic mass is 28.4. The minimum absolute atomic E-state index is 0.178. The van der Waals surface area contributed by atoms with Crippen molar-refractivity contribution >= 4 is 8.80 Å². The molecule has 0 spiro atoms. The predicted molar refractivity (Wildman–Crippen MR) is 54.5 cm³/mol. The van der Waals surface area contributed by atoms with E-state index in [0.717, 1.165) is 12.8 Å². The molecule has 0 bridgehead atoms. The molecule has 0 saturated heterocycles. The van der Waals surface area contributed by atoms with Crippen LogP contribution in [-0.2, 0) is 13.3 Å². The zero-order valence-electron chi connectivity index (χ0n) is 9.22. The first-order valence-electron chi connectivity index (χ1n) is 4.53. The second-order valence-corrected chi connectivity index (χ2v) is 5.97. The van der Waals surface area contributed by atoms with Gasteiger partial charge in [-0.05, 0) is 13.5 Å². The molecular weight excluding hydrogens is 186 g/mol. The molecule has 0 heterocycles. The van der Waals surface area contributed by atoms with Crippen LogP contribution in [0.4, 0.5) is 0 Å². The van der Waals surface area contributed by atoms with Crippen LogP contribution < -0.4 is 5.32 Å². The van der Waals surface area contributed by atoms with Gasteiger partial charge in [0.25, 0.3) is 0 Å². The molecule has 0 rings (SSSR count). The Morgan fingerprint density at radius 1 is 1.15 bits per heavy atom. The van der Waals surface area contributed by atoms with Gasteiger partial charge in [0.2, 0.25) is 0 Å². The third-order valence-electron chi connectivity index (χ3n) is 2.21. The summed E-state index contributed by atoms with van der Waals surface area (Å²) in [5.74, 6) is 0. The molecule has 0 aliphatic heterocycles. The van der Waals surface area contributed by atoms with Crippen molar-refractivity contribution in [3.8, 4) is 0 Å². The predicted octanol–water partition coefficient (Wildman–Crippen LogP) is 0.792. The van der Waals surface area contributed by atoms with Crippen molar-refractivity contribution in [1.82, 2.24) is 5.32 Å². The van der Waals surface area contributed by atoms with Gasteiger partial charge in [0, 0.05) is 21.3 Å². The van der Waals surface area contributed by atoms with Gasteiger partial charge >= 0.3 is 8.80 Å². The molecule has 0 amide bonds. The van der Waals surface area contributed by atoms with Crippen molar-refractivity contribution < 1.29 is 13.3 Å². The van der Waals surface area contributed by atoms with E-state index in [1.54, 1.807) is 21.3 Å². The Hall–Kier alpha value is 0.0569.